The summed E-state index contributed by atoms with van der Waals surface area (Å²) in [5.74, 6) is -0.444. The molecule has 6 heteroatoms. The summed E-state index contributed by atoms with van der Waals surface area (Å²) in [6, 6.07) is 11.8. The van der Waals surface area contributed by atoms with Gasteiger partial charge in [0, 0.05) is 0 Å². The number of benzene rings is 2. The van der Waals surface area contributed by atoms with Gasteiger partial charge < -0.3 is 4.18 Å². The molecule has 4 nitrogen and oxygen atoms in total. The van der Waals surface area contributed by atoms with Gasteiger partial charge >= 0.3 is 10.1 Å². The predicted octanol–water partition coefficient (Wildman–Crippen LogP) is 2.47. The van der Waals surface area contributed by atoms with Crippen molar-refractivity contribution in [2.75, 3.05) is 0 Å². The highest BCUT2D eigenvalue weighted by atomic mass is 32.2. The van der Waals surface area contributed by atoms with Gasteiger partial charge in [-0.15, -0.1) is 0 Å². The first kappa shape index (κ1) is 13.1. The Morgan fingerprint density at radius 2 is 1.58 bits per heavy atom. The van der Waals surface area contributed by atoms with Gasteiger partial charge in [0.1, 0.15) is 16.5 Å². The zero-order valence-corrected chi connectivity index (χ0v) is 10.4. The fourth-order valence-electron chi connectivity index (χ4n) is 1.36. The molecule has 0 aromatic heterocycles. The lowest BCUT2D eigenvalue weighted by Gasteiger charge is -2.06. The molecule has 0 aliphatic carbocycles. The van der Waals surface area contributed by atoms with E-state index in [1.54, 1.807) is 0 Å². The molecular weight excluding hydrogens is 269 g/mol. The van der Waals surface area contributed by atoms with E-state index in [-0.39, 0.29) is 10.6 Å². The van der Waals surface area contributed by atoms with Crippen molar-refractivity contribution in [3.8, 4) is 11.8 Å². The van der Waals surface area contributed by atoms with Crippen molar-refractivity contribution in [1.29, 1.82) is 5.26 Å². The lowest BCUT2D eigenvalue weighted by atomic mass is 10.2. The van der Waals surface area contributed by atoms with Crippen molar-refractivity contribution in [2.45, 2.75) is 4.90 Å². The third kappa shape index (κ3) is 3.09. The molecule has 0 bridgehead atoms. The molecule has 0 saturated carbocycles. The average Bonchev–Trinajstić information content (AvgIpc) is 2.40. The molecule has 0 amide bonds. The number of rotatable bonds is 3. The minimum absolute atomic E-state index is 0.0864. The van der Waals surface area contributed by atoms with E-state index in [2.05, 4.69) is 0 Å². The highest BCUT2D eigenvalue weighted by Gasteiger charge is 2.16. The Morgan fingerprint density at radius 3 is 2.11 bits per heavy atom. The topological polar surface area (TPSA) is 67.2 Å². The van der Waals surface area contributed by atoms with E-state index in [0.29, 0.717) is 5.56 Å². The molecule has 0 saturated heterocycles. The minimum Gasteiger partial charge on any atom is -0.379 e. The van der Waals surface area contributed by atoms with E-state index in [4.69, 9.17) is 9.44 Å². The van der Waals surface area contributed by atoms with E-state index >= 15 is 0 Å². The van der Waals surface area contributed by atoms with Crippen molar-refractivity contribution in [2.24, 2.45) is 0 Å². The quantitative estimate of drug-likeness (QED) is 0.808. The minimum atomic E-state index is -4.00. The molecule has 2 aromatic rings. The summed E-state index contributed by atoms with van der Waals surface area (Å²) in [5.41, 5.74) is 0.395. The summed E-state index contributed by atoms with van der Waals surface area (Å²) in [5, 5.41) is 8.62. The Balaban J connectivity index is 2.26. The standard InChI is InChI=1S/C13H8FNO3S/c14-11-3-7-13(8-4-11)19(16,17)18-12-5-1-10(9-15)2-6-12/h1-8H. The highest BCUT2D eigenvalue weighted by Crippen LogP contribution is 2.19. The van der Waals surface area contributed by atoms with Crippen molar-refractivity contribution in [3.05, 3.63) is 59.9 Å². The third-order valence-corrected chi connectivity index (χ3v) is 3.55. The van der Waals surface area contributed by atoms with Crippen LogP contribution in [0.2, 0.25) is 0 Å². The van der Waals surface area contributed by atoms with Crippen LogP contribution in [0.1, 0.15) is 5.56 Å². The van der Waals surface area contributed by atoms with Gasteiger partial charge in [-0.05, 0) is 48.5 Å². The Bertz CT molecular complexity index is 716. The molecule has 0 fully saturated rings. The summed E-state index contributed by atoms with van der Waals surface area (Å²) in [4.78, 5) is -0.141. The van der Waals surface area contributed by atoms with E-state index in [1.165, 1.54) is 24.3 Å². The number of hydrogen-bond acceptors (Lipinski definition) is 4. The van der Waals surface area contributed by atoms with Crippen molar-refractivity contribution >= 4 is 10.1 Å². The van der Waals surface area contributed by atoms with Gasteiger partial charge in [0.05, 0.1) is 11.6 Å². The zero-order chi connectivity index (χ0) is 13.9. The molecule has 0 aliphatic heterocycles. The van der Waals surface area contributed by atoms with Gasteiger partial charge in [-0.3, -0.25) is 0 Å². The van der Waals surface area contributed by atoms with Gasteiger partial charge in [-0.1, -0.05) is 0 Å². The van der Waals surface area contributed by atoms with Gasteiger partial charge in [0.25, 0.3) is 0 Å². The molecule has 0 aliphatic rings. The second-order valence-electron chi connectivity index (χ2n) is 3.63. The van der Waals surface area contributed by atoms with Crippen LogP contribution in [-0.2, 0) is 10.1 Å². The smallest absolute Gasteiger partial charge is 0.339 e. The monoisotopic (exact) mass is 277 g/mol. The number of nitriles is 1. The van der Waals surface area contributed by atoms with Gasteiger partial charge in [0.15, 0.2) is 0 Å². The molecule has 0 atom stereocenters. The summed E-state index contributed by atoms with van der Waals surface area (Å²) >= 11 is 0. The Morgan fingerprint density at radius 1 is 1.00 bits per heavy atom. The lowest BCUT2D eigenvalue weighted by Crippen LogP contribution is -2.09. The second-order valence-corrected chi connectivity index (χ2v) is 5.17. The molecule has 0 N–H and O–H groups in total. The summed E-state index contributed by atoms with van der Waals surface area (Å²) < 4.78 is 41.3. The Hall–Kier alpha value is -2.39. The number of nitrogens with zero attached hydrogens (tertiary/aromatic N) is 1. The van der Waals surface area contributed by atoms with Gasteiger partial charge in [-0.2, -0.15) is 13.7 Å². The first-order valence-corrected chi connectivity index (χ1v) is 6.62. The van der Waals surface area contributed by atoms with Crippen molar-refractivity contribution in [1.82, 2.24) is 0 Å². The number of halogens is 1. The molecule has 0 spiro atoms. The normalized spacial score (nSPS) is 10.7. The lowest BCUT2D eigenvalue weighted by molar-refractivity contribution is 0.486. The fraction of sp³-hybridized carbons (Fsp3) is 0. The largest absolute Gasteiger partial charge is 0.379 e. The molecule has 19 heavy (non-hydrogen) atoms. The van der Waals surface area contributed by atoms with Crippen LogP contribution in [0.4, 0.5) is 4.39 Å². The molecule has 0 unspecified atom stereocenters. The van der Waals surface area contributed by atoms with E-state index in [1.807, 2.05) is 6.07 Å². The first-order chi connectivity index (χ1) is 9.01. The Kier molecular flexibility index (Phi) is 3.49. The average molecular weight is 277 g/mol. The zero-order valence-electron chi connectivity index (χ0n) is 9.58. The Labute approximate surface area is 109 Å². The third-order valence-electron chi connectivity index (χ3n) is 2.29. The van der Waals surface area contributed by atoms with E-state index in [0.717, 1.165) is 24.3 Å². The van der Waals surface area contributed by atoms with Crippen LogP contribution in [0.5, 0.6) is 5.75 Å². The van der Waals surface area contributed by atoms with Crippen LogP contribution in [0.15, 0.2) is 53.4 Å². The predicted molar refractivity (Wildman–Crippen MR) is 65.4 cm³/mol. The van der Waals surface area contributed by atoms with Gasteiger partial charge in [0.2, 0.25) is 0 Å². The van der Waals surface area contributed by atoms with Crippen LogP contribution in [-0.4, -0.2) is 8.42 Å². The molecule has 2 rings (SSSR count). The fourth-order valence-corrected chi connectivity index (χ4v) is 2.29. The summed E-state index contributed by atoms with van der Waals surface area (Å²) in [7, 11) is -4.00. The maximum Gasteiger partial charge on any atom is 0.339 e. The number of hydrogen-bond donors (Lipinski definition) is 0. The summed E-state index contributed by atoms with van der Waals surface area (Å²) in [6.45, 7) is 0. The van der Waals surface area contributed by atoms with Crippen LogP contribution in [0.25, 0.3) is 0 Å². The first-order valence-electron chi connectivity index (χ1n) is 5.21. The van der Waals surface area contributed by atoms with Crippen molar-refractivity contribution < 1.29 is 17.0 Å². The highest BCUT2D eigenvalue weighted by molar-refractivity contribution is 7.87. The van der Waals surface area contributed by atoms with Gasteiger partial charge in [-0.25, -0.2) is 4.39 Å². The van der Waals surface area contributed by atoms with Crippen molar-refractivity contribution in [3.63, 3.8) is 0 Å². The molecule has 2 aromatic carbocycles. The van der Waals surface area contributed by atoms with E-state index in [9.17, 15) is 12.8 Å². The SMILES string of the molecule is N#Cc1ccc(OS(=O)(=O)c2ccc(F)cc2)cc1. The molecular formula is C13H8FNO3S. The van der Waals surface area contributed by atoms with Crippen LogP contribution >= 0.6 is 0 Å². The summed E-state index contributed by atoms with van der Waals surface area (Å²) in [6.07, 6.45) is 0. The maximum absolute atomic E-state index is 12.7. The maximum atomic E-state index is 12.7. The van der Waals surface area contributed by atoms with E-state index < -0.39 is 15.9 Å². The molecule has 96 valence electrons. The molecule has 0 radical (unpaired) electrons. The second kappa shape index (κ2) is 5.08. The van der Waals surface area contributed by atoms with Crippen LogP contribution in [0.3, 0.4) is 0 Å². The molecule has 0 heterocycles. The van der Waals surface area contributed by atoms with Crippen LogP contribution < -0.4 is 4.18 Å². The van der Waals surface area contributed by atoms with Crippen LogP contribution in [0, 0.1) is 17.1 Å².